The SMILES string of the molecule is NNc1cc(NN)nc(Nc2cc(Cl)cc(Cl)c2)n1. The van der Waals surface area contributed by atoms with Crippen molar-refractivity contribution >= 4 is 46.5 Å². The summed E-state index contributed by atoms with van der Waals surface area (Å²) in [5.74, 6) is 11.7. The van der Waals surface area contributed by atoms with Crippen LogP contribution in [-0.2, 0) is 0 Å². The summed E-state index contributed by atoms with van der Waals surface area (Å²) in [7, 11) is 0. The van der Waals surface area contributed by atoms with Gasteiger partial charge in [-0.15, -0.1) is 0 Å². The van der Waals surface area contributed by atoms with Crippen LogP contribution in [0.3, 0.4) is 0 Å². The van der Waals surface area contributed by atoms with Crippen molar-refractivity contribution < 1.29 is 0 Å². The monoisotopic (exact) mass is 299 g/mol. The van der Waals surface area contributed by atoms with E-state index in [0.29, 0.717) is 33.3 Å². The number of anilines is 4. The molecule has 0 amide bonds. The fourth-order valence-corrected chi connectivity index (χ4v) is 1.93. The summed E-state index contributed by atoms with van der Waals surface area (Å²) in [6.07, 6.45) is 0. The normalized spacial score (nSPS) is 10.1. The Kier molecular flexibility index (Phi) is 4.23. The van der Waals surface area contributed by atoms with E-state index in [1.165, 1.54) is 0 Å². The average Bonchev–Trinajstić information content (AvgIpc) is 2.37. The van der Waals surface area contributed by atoms with Crippen molar-refractivity contribution in [2.24, 2.45) is 11.7 Å². The van der Waals surface area contributed by atoms with Gasteiger partial charge in [0, 0.05) is 21.8 Å². The standard InChI is InChI=1S/C10H11Cl2N7/c11-5-1-6(12)3-7(2-5)15-10-16-8(18-13)4-9(17-10)19-14/h1-4H,13-14H2,(H3,15,16,17,18,19). The minimum atomic E-state index is 0.293. The first kappa shape index (κ1) is 13.6. The van der Waals surface area contributed by atoms with E-state index >= 15 is 0 Å². The molecule has 7 nitrogen and oxygen atoms in total. The predicted octanol–water partition coefficient (Wildman–Crippen LogP) is 2.10. The molecular formula is C10H11Cl2N7. The molecule has 0 unspecified atom stereocenters. The van der Waals surface area contributed by atoms with E-state index in [-0.39, 0.29) is 0 Å². The van der Waals surface area contributed by atoms with Crippen LogP contribution in [0.2, 0.25) is 10.0 Å². The zero-order valence-corrected chi connectivity index (χ0v) is 11.1. The Labute approximate surface area is 119 Å². The minimum Gasteiger partial charge on any atom is -0.324 e. The number of aromatic nitrogens is 2. The fourth-order valence-electron chi connectivity index (χ4n) is 1.41. The van der Waals surface area contributed by atoms with Crippen LogP contribution >= 0.6 is 23.2 Å². The molecule has 7 N–H and O–H groups in total. The summed E-state index contributed by atoms with van der Waals surface area (Å²) in [4.78, 5) is 8.23. The topological polar surface area (TPSA) is 114 Å². The molecule has 100 valence electrons. The van der Waals surface area contributed by atoms with Crippen molar-refractivity contribution in [1.82, 2.24) is 9.97 Å². The molecular weight excluding hydrogens is 289 g/mol. The largest absolute Gasteiger partial charge is 0.324 e. The Morgan fingerprint density at radius 1 is 0.842 bits per heavy atom. The van der Waals surface area contributed by atoms with Gasteiger partial charge >= 0.3 is 0 Å². The van der Waals surface area contributed by atoms with Crippen molar-refractivity contribution in [3.8, 4) is 0 Å². The summed E-state index contributed by atoms with van der Waals surface area (Å²) in [5, 5.41) is 3.95. The van der Waals surface area contributed by atoms with E-state index in [1.54, 1.807) is 24.3 Å². The number of hydrogen-bond acceptors (Lipinski definition) is 7. The molecule has 0 aliphatic carbocycles. The lowest BCUT2D eigenvalue weighted by molar-refractivity contribution is 1.12. The van der Waals surface area contributed by atoms with Crippen molar-refractivity contribution in [3.05, 3.63) is 34.3 Å². The van der Waals surface area contributed by atoms with Gasteiger partial charge in [0.15, 0.2) is 0 Å². The number of halogens is 2. The van der Waals surface area contributed by atoms with Gasteiger partial charge in [-0.1, -0.05) is 23.2 Å². The number of hydrogen-bond donors (Lipinski definition) is 5. The van der Waals surface area contributed by atoms with Crippen molar-refractivity contribution in [1.29, 1.82) is 0 Å². The van der Waals surface area contributed by atoms with E-state index in [1.807, 2.05) is 0 Å². The van der Waals surface area contributed by atoms with Gasteiger partial charge in [0.1, 0.15) is 11.6 Å². The highest BCUT2D eigenvalue weighted by Crippen LogP contribution is 2.25. The highest BCUT2D eigenvalue weighted by molar-refractivity contribution is 6.35. The van der Waals surface area contributed by atoms with Gasteiger partial charge < -0.3 is 16.2 Å². The maximum atomic E-state index is 5.90. The van der Waals surface area contributed by atoms with Crippen molar-refractivity contribution in [2.45, 2.75) is 0 Å². The maximum Gasteiger partial charge on any atom is 0.231 e. The number of nitrogen functional groups attached to an aromatic ring is 2. The highest BCUT2D eigenvalue weighted by Gasteiger charge is 2.05. The van der Waals surface area contributed by atoms with E-state index < -0.39 is 0 Å². The molecule has 1 heterocycles. The number of nitrogens with two attached hydrogens (primary N) is 2. The molecule has 1 aromatic carbocycles. The molecule has 19 heavy (non-hydrogen) atoms. The molecule has 0 atom stereocenters. The van der Waals surface area contributed by atoms with Crippen LogP contribution in [0.15, 0.2) is 24.3 Å². The average molecular weight is 300 g/mol. The molecule has 0 aliphatic rings. The van der Waals surface area contributed by atoms with Crippen molar-refractivity contribution in [3.63, 3.8) is 0 Å². The van der Waals surface area contributed by atoms with E-state index in [4.69, 9.17) is 34.9 Å². The second-order valence-electron chi connectivity index (χ2n) is 3.53. The third-order valence-electron chi connectivity index (χ3n) is 2.14. The number of benzene rings is 1. The van der Waals surface area contributed by atoms with E-state index in [9.17, 15) is 0 Å². The van der Waals surface area contributed by atoms with E-state index in [0.717, 1.165) is 0 Å². The zero-order valence-electron chi connectivity index (χ0n) is 9.61. The van der Waals surface area contributed by atoms with Gasteiger partial charge in [0.05, 0.1) is 0 Å². The van der Waals surface area contributed by atoms with Gasteiger partial charge in [0.2, 0.25) is 5.95 Å². The number of nitrogens with one attached hydrogen (secondary N) is 3. The molecule has 0 radical (unpaired) electrons. The van der Waals surface area contributed by atoms with Crippen molar-refractivity contribution in [2.75, 3.05) is 16.2 Å². The predicted molar refractivity (Wildman–Crippen MR) is 77.4 cm³/mol. The first-order valence-corrected chi connectivity index (χ1v) is 5.92. The minimum absolute atomic E-state index is 0.293. The zero-order chi connectivity index (χ0) is 13.8. The van der Waals surface area contributed by atoms with E-state index in [2.05, 4.69) is 26.1 Å². The molecule has 0 saturated heterocycles. The van der Waals surface area contributed by atoms with Gasteiger partial charge in [-0.3, -0.25) is 0 Å². The van der Waals surface area contributed by atoms with Crippen LogP contribution in [0, 0.1) is 0 Å². The molecule has 2 aromatic rings. The van der Waals surface area contributed by atoms with Gasteiger partial charge in [0.25, 0.3) is 0 Å². The molecule has 0 spiro atoms. The second-order valence-corrected chi connectivity index (χ2v) is 4.41. The van der Waals surface area contributed by atoms with Crippen LogP contribution in [0.4, 0.5) is 23.3 Å². The Morgan fingerprint density at radius 2 is 1.37 bits per heavy atom. The first-order chi connectivity index (χ1) is 9.10. The fraction of sp³-hybridized carbons (Fsp3) is 0. The lowest BCUT2D eigenvalue weighted by Crippen LogP contribution is -2.14. The van der Waals surface area contributed by atoms with Gasteiger partial charge in [-0.05, 0) is 18.2 Å². The van der Waals surface area contributed by atoms with Crippen LogP contribution in [0.1, 0.15) is 0 Å². The second kappa shape index (κ2) is 5.89. The molecule has 0 saturated carbocycles. The number of hydrazine groups is 2. The first-order valence-electron chi connectivity index (χ1n) is 5.16. The Morgan fingerprint density at radius 3 is 1.84 bits per heavy atom. The Balaban J connectivity index is 2.31. The smallest absolute Gasteiger partial charge is 0.231 e. The Bertz CT molecular complexity index is 548. The summed E-state index contributed by atoms with van der Waals surface area (Å²) >= 11 is 11.8. The lowest BCUT2D eigenvalue weighted by Gasteiger charge is -2.09. The van der Waals surface area contributed by atoms with Crippen LogP contribution in [0.25, 0.3) is 0 Å². The molecule has 9 heteroatoms. The number of nitrogens with zero attached hydrogens (tertiary/aromatic N) is 2. The molecule has 0 aliphatic heterocycles. The summed E-state index contributed by atoms with van der Waals surface area (Å²) in [6.45, 7) is 0. The van der Waals surface area contributed by atoms with Gasteiger partial charge in [-0.25, -0.2) is 11.7 Å². The lowest BCUT2D eigenvalue weighted by atomic mass is 10.3. The maximum absolute atomic E-state index is 5.90. The highest BCUT2D eigenvalue weighted by atomic mass is 35.5. The van der Waals surface area contributed by atoms with Crippen LogP contribution < -0.4 is 27.9 Å². The summed E-state index contributed by atoms with van der Waals surface area (Å²) < 4.78 is 0. The quantitative estimate of drug-likeness (QED) is 0.434. The molecule has 0 bridgehead atoms. The van der Waals surface area contributed by atoms with Gasteiger partial charge in [-0.2, -0.15) is 9.97 Å². The van der Waals surface area contributed by atoms with Crippen LogP contribution in [-0.4, -0.2) is 9.97 Å². The Hall–Kier alpha value is -1.80. The molecule has 1 aromatic heterocycles. The summed E-state index contributed by atoms with van der Waals surface area (Å²) in [5.41, 5.74) is 5.47. The number of rotatable bonds is 4. The third-order valence-corrected chi connectivity index (χ3v) is 2.58. The molecule has 0 fully saturated rings. The molecule has 2 rings (SSSR count). The van der Waals surface area contributed by atoms with Crippen LogP contribution in [0.5, 0.6) is 0 Å². The third kappa shape index (κ3) is 3.58. The summed E-state index contributed by atoms with van der Waals surface area (Å²) in [6, 6.07) is 6.56.